The average molecular weight is 399 g/mol. The normalized spacial score (nSPS) is 31.8. The molecule has 164 valence electrons. The first-order valence-corrected chi connectivity index (χ1v) is 12.5. The zero-order valence-corrected chi connectivity index (χ0v) is 19.9. The summed E-state index contributed by atoms with van der Waals surface area (Å²) in [5, 5.41) is 0. The fourth-order valence-electron chi connectivity index (χ4n) is 6.51. The van der Waals surface area contributed by atoms with Crippen LogP contribution in [0.1, 0.15) is 105 Å². The van der Waals surface area contributed by atoms with E-state index in [0.717, 1.165) is 56.3 Å². The molecule has 0 spiro atoms. The van der Waals surface area contributed by atoms with Crippen LogP contribution in [0.4, 0.5) is 0 Å². The highest BCUT2D eigenvalue weighted by molar-refractivity contribution is 5.85. The van der Waals surface area contributed by atoms with E-state index in [1.54, 1.807) is 0 Å². The lowest BCUT2D eigenvalue weighted by molar-refractivity contribution is -0.136. The Morgan fingerprint density at radius 3 is 2.59 bits per heavy atom. The van der Waals surface area contributed by atoms with Gasteiger partial charge in [-0.2, -0.15) is 0 Å². The van der Waals surface area contributed by atoms with Crippen LogP contribution >= 0.6 is 0 Å². The molecule has 0 aromatic carbocycles. The maximum absolute atomic E-state index is 13.5. The van der Waals surface area contributed by atoms with E-state index in [0.29, 0.717) is 17.6 Å². The summed E-state index contributed by atoms with van der Waals surface area (Å²) in [5.74, 6) is 6.74. The van der Waals surface area contributed by atoms with Gasteiger partial charge in [-0.1, -0.05) is 66.0 Å². The molecule has 1 heteroatoms. The summed E-state index contributed by atoms with van der Waals surface area (Å²) < 4.78 is 0. The summed E-state index contributed by atoms with van der Waals surface area (Å²) in [6.45, 7) is 11.7. The Morgan fingerprint density at radius 2 is 1.93 bits per heavy atom. The number of hydrogen-bond acceptors (Lipinski definition) is 1. The van der Waals surface area contributed by atoms with Crippen LogP contribution in [0.5, 0.6) is 0 Å². The quantitative estimate of drug-likeness (QED) is 0.256. The van der Waals surface area contributed by atoms with Gasteiger partial charge in [-0.15, -0.1) is 12.3 Å². The molecule has 0 radical (unpaired) electrons. The molecule has 2 rings (SSSR count). The van der Waals surface area contributed by atoms with E-state index in [9.17, 15) is 4.79 Å². The van der Waals surface area contributed by atoms with Gasteiger partial charge < -0.3 is 0 Å². The Balaban J connectivity index is 1.98. The molecular weight excluding hydrogens is 352 g/mol. The Morgan fingerprint density at radius 1 is 1.17 bits per heavy atom. The SMILES string of the molecule is C#CCC(C/C=C\CC)CC1CC[C@@]2(C)C(CCC2C(C)CCCC(C)C)C1=O. The number of allylic oxidation sites excluding steroid dienone is 2. The van der Waals surface area contributed by atoms with Gasteiger partial charge in [-0.05, 0) is 74.0 Å². The van der Waals surface area contributed by atoms with Crippen molar-refractivity contribution in [2.24, 2.45) is 40.9 Å². The maximum atomic E-state index is 13.5. The van der Waals surface area contributed by atoms with E-state index < -0.39 is 0 Å². The molecule has 5 unspecified atom stereocenters. The molecule has 2 saturated carbocycles. The average Bonchev–Trinajstić information content (AvgIpc) is 3.02. The summed E-state index contributed by atoms with van der Waals surface area (Å²) in [4.78, 5) is 13.5. The highest BCUT2D eigenvalue weighted by Gasteiger charge is 2.54. The van der Waals surface area contributed by atoms with Crippen molar-refractivity contribution in [2.45, 2.75) is 105 Å². The van der Waals surface area contributed by atoms with E-state index in [1.807, 2.05) is 0 Å². The number of hydrogen-bond donors (Lipinski definition) is 0. The Bertz CT molecular complexity index is 580. The predicted molar refractivity (Wildman–Crippen MR) is 126 cm³/mol. The lowest BCUT2D eigenvalue weighted by Gasteiger charge is -2.45. The third-order valence-corrected chi connectivity index (χ3v) is 8.21. The Labute approximate surface area is 181 Å². The second-order valence-electron chi connectivity index (χ2n) is 10.8. The molecular formula is C28H46O. The number of ketones is 1. The molecule has 0 bridgehead atoms. The van der Waals surface area contributed by atoms with Gasteiger partial charge in [0, 0.05) is 18.3 Å². The topological polar surface area (TPSA) is 17.1 Å². The highest BCUT2D eigenvalue weighted by Crippen LogP contribution is 2.58. The number of terminal acetylenes is 1. The van der Waals surface area contributed by atoms with Gasteiger partial charge in [0.15, 0.2) is 0 Å². The minimum atomic E-state index is 0.245. The van der Waals surface area contributed by atoms with Crippen LogP contribution in [0, 0.1) is 53.3 Å². The molecule has 2 aliphatic carbocycles. The second-order valence-corrected chi connectivity index (χ2v) is 10.8. The summed E-state index contributed by atoms with van der Waals surface area (Å²) in [5.41, 5.74) is 0.245. The zero-order chi connectivity index (χ0) is 21.4. The van der Waals surface area contributed by atoms with Crippen molar-refractivity contribution < 1.29 is 4.79 Å². The zero-order valence-electron chi connectivity index (χ0n) is 19.9. The number of rotatable bonds is 11. The van der Waals surface area contributed by atoms with Gasteiger partial charge in [0.05, 0.1) is 0 Å². The van der Waals surface area contributed by atoms with Crippen molar-refractivity contribution in [1.82, 2.24) is 0 Å². The molecule has 2 fully saturated rings. The summed E-state index contributed by atoms with van der Waals surface area (Å²) in [6, 6.07) is 0. The molecule has 0 heterocycles. The van der Waals surface area contributed by atoms with E-state index in [2.05, 4.69) is 52.7 Å². The molecule has 0 N–H and O–H groups in total. The van der Waals surface area contributed by atoms with E-state index in [4.69, 9.17) is 6.42 Å². The van der Waals surface area contributed by atoms with Crippen molar-refractivity contribution in [2.75, 3.05) is 0 Å². The predicted octanol–water partition coefficient (Wildman–Crippen LogP) is 7.85. The van der Waals surface area contributed by atoms with Crippen LogP contribution in [0.2, 0.25) is 0 Å². The number of Topliss-reactive ketones (excluding diaryl/α,β-unsaturated/α-hetero) is 1. The monoisotopic (exact) mass is 398 g/mol. The lowest BCUT2D eigenvalue weighted by Crippen LogP contribution is -2.43. The van der Waals surface area contributed by atoms with Crippen molar-refractivity contribution >= 4 is 5.78 Å². The van der Waals surface area contributed by atoms with E-state index in [1.165, 1.54) is 32.1 Å². The summed E-state index contributed by atoms with van der Waals surface area (Å²) >= 11 is 0. The fourth-order valence-corrected chi connectivity index (χ4v) is 6.51. The number of carbonyl (C=O) groups excluding carboxylic acids is 1. The third-order valence-electron chi connectivity index (χ3n) is 8.21. The highest BCUT2D eigenvalue weighted by atomic mass is 16.1. The fraction of sp³-hybridized carbons (Fsp3) is 0.821. The standard InChI is InChI=1S/C28H46O/c1-7-9-10-15-23(12-8-2)20-24-18-19-28(6)25(16-17-26(28)27(24)29)22(5)14-11-13-21(3)4/h2,9-10,21-26H,7,11-20H2,1,3-6H3/b10-9-/t22?,23?,24?,25?,26?,28-/m1/s1. The van der Waals surface area contributed by atoms with Crippen molar-refractivity contribution in [3.63, 3.8) is 0 Å². The smallest absolute Gasteiger partial charge is 0.139 e. The molecule has 6 atom stereocenters. The molecule has 29 heavy (non-hydrogen) atoms. The Hall–Kier alpha value is -1.03. The second kappa shape index (κ2) is 11.4. The molecule has 0 saturated heterocycles. The van der Waals surface area contributed by atoms with Crippen LogP contribution in [0.15, 0.2) is 12.2 Å². The van der Waals surface area contributed by atoms with Crippen molar-refractivity contribution in [1.29, 1.82) is 0 Å². The van der Waals surface area contributed by atoms with Crippen LogP contribution in [-0.4, -0.2) is 5.78 Å². The van der Waals surface area contributed by atoms with Gasteiger partial charge in [-0.25, -0.2) is 0 Å². The summed E-state index contributed by atoms with van der Waals surface area (Å²) in [6.07, 6.45) is 22.7. The minimum absolute atomic E-state index is 0.245. The molecule has 0 amide bonds. The van der Waals surface area contributed by atoms with E-state index in [-0.39, 0.29) is 11.3 Å². The van der Waals surface area contributed by atoms with Crippen molar-refractivity contribution in [3.05, 3.63) is 12.2 Å². The number of fused-ring (bicyclic) bond motifs is 1. The van der Waals surface area contributed by atoms with Crippen LogP contribution < -0.4 is 0 Å². The molecule has 0 aromatic rings. The first-order chi connectivity index (χ1) is 13.8. The van der Waals surface area contributed by atoms with Gasteiger partial charge in [0.1, 0.15) is 5.78 Å². The van der Waals surface area contributed by atoms with Gasteiger partial charge in [0.25, 0.3) is 0 Å². The lowest BCUT2D eigenvalue weighted by atomic mass is 9.58. The van der Waals surface area contributed by atoms with Crippen LogP contribution in [0.25, 0.3) is 0 Å². The largest absolute Gasteiger partial charge is 0.299 e. The Kier molecular flexibility index (Phi) is 9.52. The molecule has 2 aliphatic rings. The van der Waals surface area contributed by atoms with Gasteiger partial charge in [0.2, 0.25) is 0 Å². The van der Waals surface area contributed by atoms with Crippen molar-refractivity contribution in [3.8, 4) is 12.3 Å². The first kappa shape index (κ1) is 24.2. The van der Waals surface area contributed by atoms with Gasteiger partial charge >= 0.3 is 0 Å². The van der Waals surface area contributed by atoms with E-state index >= 15 is 0 Å². The van der Waals surface area contributed by atoms with Gasteiger partial charge in [-0.3, -0.25) is 4.79 Å². The molecule has 0 aromatic heterocycles. The molecule has 1 nitrogen and oxygen atoms in total. The molecule has 0 aliphatic heterocycles. The van der Waals surface area contributed by atoms with Crippen LogP contribution in [0.3, 0.4) is 0 Å². The minimum Gasteiger partial charge on any atom is -0.299 e. The summed E-state index contributed by atoms with van der Waals surface area (Å²) in [7, 11) is 0. The maximum Gasteiger partial charge on any atom is 0.139 e. The first-order valence-electron chi connectivity index (χ1n) is 12.5. The van der Waals surface area contributed by atoms with Crippen LogP contribution in [-0.2, 0) is 4.79 Å². The third kappa shape index (κ3) is 6.23. The number of carbonyl (C=O) groups is 1.